The minimum absolute atomic E-state index is 0.0278. The second-order valence-corrected chi connectivity index (χ2v) is 5.04. The molecule has 6 nitrogen and oxygen atoms in total. The molecule has 6 heteroatoms. The van der Waals surface area contributed by atoms with Crippen LogP contribution in [0.1, 0.15) is 23.7 Å². The van der Waals surface area contributed by atoms with Gasteiger partial charge in [-0.2, -0.15) is 0 Å². The lowest BCUT2D eigenvalue weighted by Crippen LogP contribution is -2.06. The molecule has 128 valence electrons. The van der Waals surface area contributed by atoms with Crippen molar-refractivity contribution in [3.05, 3.63) is 40.1 Å². The van der Waals surface area contributed by atoms with E-state index in [1.165, 1.54) is 27.4 Å². The van der Waals surface area contributed by atoms with E-state index in [1.807, 2.05) is 6.92 Å². The summed E-state index contributed by atoms with van der Waals surface area (Å²) in [6, 6.07) is 6.33. The van der Waals surface area contributed by atoms with E-state index in [0.717, 1.165) is 0 Å². The number of benzene rings is 1. The fourth-order valence-electron chi connectivity index (χ4n) is 2.38. The first kappa shape index (κ1) is 17.6. The van der Waals surface area contributed by atoms with Crippen molar-refractivity contribution in [3.8, 4) is 17.2 Å². The SMILES string of the molecule is CCCOC(=O)c1cc(OC)c(=O)c2c(OC)c(OC)ccc2c1. The Bertz CT molecular complexity index is 813. The van der Waals surface area contributed by atoms with E-state index in [2.05, 4.69) is 0 Å². The standard InChI is InChI=1S/C18H20O6/c1-5-8-24-18(20)12-9-11-6-7-13(21-2)17(23-4)15(11)16(19)14(10-12)22-3/h6-7,9-10H,5,8H2,1-4H3. The molecule has 0 fully saturated rings. The predicted molar refractivity (Wildman–Crippen MR) is 90.4 cm³/mol. The molecule has 2 rings (SSSR count). The molecule has 0 N–H and O–H groups in total. The van der Waals surface area contributed by atoms with E-state index < -0.39 is 11.4 Å². The van der Waals surface area contributed by atoms with Gasteiger partial charge in [0.25, 0.3) is 0 Å². The molecule has 0 bridgehead atoms. The van der Waals surface area contributed by atoms with Crippen LogP contribution in [0.25, 0.3) is 10.8 Å². The van der Waals surface area contributed by atoms with Gasteiger partial charge in [0.2, 0.25) is 5.43 Å². The molecule has 0 aliphatic carbocycles. The monoisotopic (exact) mass is 332 g/mol. The van der Waals surface area contributed by atoms with Gasteiger partial charge in [0, 0.05) is 0 Å². The molecule has 0 spiro atoms. The third-order valence-electron chi connectivity index (χ3n) is 3.52. The van der Waals surface area contributed by atoms with Gasteiger partial charge in [0.15, 0.2) is 17.2 Å². The van der Waals surface area contributed by atoms with Crippen molar-refractivity contribution in [3.63, 3.8) is 0 Å². The Labute approximate surface area is 139 Å². The highest BCUT2D eigenvalue weighted by Gasteiger charge is 2.17. The summed E-state index contributed by atoms with van der Waals surface area (Å²) in [6.07, 6.45) is 0.709. The van der Waals surface area contributed by atoms with Crippen molar-refractivity contribution in [1.82, 2.24) is 0 Å². The van der Waals surface area contributed by atoms with E-state index >= 15 is 0 Å². The van der Waals surface area contributed by atoms with E-state index in [9.17, 15) is 9.59 Å². The molecule has 24 heavy (non-hydrogen) atoms. The highest BCUT2D eigenvalue weighted by molar-refractivity contribution is 5.97. The molecule has 0 saturated carbocycles. The van der Waals surface area contributed by atoms with Crippen LogP contribution in [-0.4, -0.2) is 33.9 Å². The Morgan fingerprint density at radius 2 is 1.71 bits per heavy atom. The summed E-state index contributed by atoms with van der Waals surface area (Å²) < 4.78 is 20.9. The normalized spacial score (nSPS) is 10.3. The van der Waals surface area contributed by atoms with Crippen LogP contribution < -0.4 is 19.6 Å². The summed E-state index contributed by atoms with van der Waals surface area (Å²) in [5.41, 5.74) is -0.155. The quantitative estimate of drug-likeness (QED) is 0.758. The molecule has 0 atom stereocenters. The van der Waals surface area contributed by atoms with Crippen LogP contribution in [0, 0.1) is 0 Å². The number of hydrogen-bond donors (Lipinski definition) is 0. The van der Waals surface area contributed by atoms with Crippen molar-refractivity contribution in [1.29, 1.82) is 0 Å². The first-order valence-electron chi connectivity index (χ1n) is 7.51. The summed E-state index contributed by atoms with van der Waals surface area (Å²) in [7, 11) is 4.31. The van der Waals surface area contributed by atoms with Crippen molar-refractivity contribution in [2.75, 3.05) is 27.9 Å². The highest BCUT2D eigenvalue weighted by atomic mass is 16.5. The van der Waals surface area contributed by atoms with Crippen LogP contribution in [0.2, 0.25) is 0 Å². The van der Waals surface area contributed by atoms with Crippen LogP contribution >= 0.6 is 0 Å². The minimum Gasteiger partial charge on any atom is -0.493 e. The number of esters is 1. The summed E-state index contributed by atoms with van der Waals surface area (Å²) in [5, 5.41) is 0.813. The second-order valence-electron chi connectivity index (χ2n) is 5.04. The number of rotatable bonds is 6. The first-order chi connectivity index (χ1) is 11.6. The second kappa shape index (κ2) is 7.68. The number of ether oxygens (including phenoxy) is 4. The largest absolute Gasteiger partial charge is 0.493 e. The Hall–Kier alpha value is -2.76. The zero-order valence-corrected chi connectivity index (χ0v) is 14.2. The van der Waals surface area contributed by atoms with Crippen LogP contribution in [-0.2, 0) is 4.74 Å². The van der Waals surface area contributed by atoms with E-state index in [4.69, 9.17) is 18.9 Å². The van der Waals surface area contributed by atoms with Crippen LogP contribution in [0.3, 0.4) is 0 Å². The summed E-state index contributed by atoms with van der Waals surface area (Å²) in [4.78, 5) is 25.0. The maximum Gasteiger partial charge on any atom is 0.338 e. The molecule has 2 aromatic rings. The third-order valence-corrected chi connectivity index (χ3v) is 3.52. The maximum atomic E-state index is 12.8. The minimum atomic E-state index is -0.512. The number of methoxy groups -OCH3 is 3. The molecule has 0 radical (unpaired) electrons. The van der Waals surface area contributed by atoms with Gasteiger partial charge < -0.3 is 18.9 Å². The Morgan fingerprint density at radius 3 is 2.29 bits per heavy atom. The lowest BCUT2D eigenvalue weighted by molar-refractivity contribution is 0.0505. The molecule has 0 aliphatic heterocycles. The molecule has 0 saturated heterocycles. The summed E-state index contributed by atoms with van der Waals surface area (Å²) in [5.74, 6) is 0.231. The van der Waals surface area contributed by atoms with Gasteiger partial charge in [0.05, 0.1) is 38.9 Å². The molecule has 0 aromatic heterocycles. The van der Waals surface area contributed by atoms with Gasteiger partial charge in [-0.05, 0) is 30.0 Å². The zero-order valence-electron chi connectivity index (χ0n) is 14.2. The number of fused-ring (bicyclic) bond motifs is 1. The molecule has 0 amide bonds. The molecule has 0 aliphatic rings. The zero-order chi connectivity index (χ0) is 17.7. The van der Waals surface area contributed by atoms with Crippen LogP contribution in [0.15, 0.2) is 29.1 Å². The first-order valence-corrected chi connectivity index (χ1v) is 7.51. The van der Waals surface area contributed by atoms with Crippen LogP contribution in [0.5, 0.6) is 17.2 Å². The van der Waals surface area contributed by atoms with Gasteiger partial charge in [-0.25, -0.2) is 4.79 Å². The topological polar surface area (TPSA) is 71.1 Å². The van der Waals surface area contributed by atoms with Crippen molar-refractivity contribution in [2.24, 2.45) is 0 Å². The fraction of sp³-hybridized carbons (Fsp3) is 0.333. The maximum absolute atomic E-state index is 12.8. The fourth-order valence-corrected chi connectivity index (χ4v) is 2.38. The number of hydrogen-bond acceptors (Lipinski definition) is 6. The highest BCUT2D eigenvalue weighted by Crippen LogP contribution is 2.34. The van der Waals surface area contributed by atoms with Crippen molar-refractivity contribution >= 4 is 16.7 Å². The van der Waals surface area contributed by atoms with Gasteiger partial charge in [-0.3, -0.25) is 4.79 Å². The summed E-state index contributed by atoms with van der Waals surface area (Å²) in [6.45, 7) is 2.21. The lowest BCUT2D eigenvalue weighted by Gasteiger charge is -2.09. The van der Waals surface area contributed by atoms with Gasteiger partial charge in [0.1, 0.15) is 0 Å². The van der Waals surface area contributed by atoms with E-state index in [0.29, 0.717) is 29.9 Å². The van der Waals surface area contributed by atoms with Crippen molar-refractivity contribution < 1.29 is 23.7 Å². The van der Waals surface area contributed by atoms with Gasteiger partial charge >= 0.3 is 5.97 Å². The average molecular weight is 332 g/mol. The smallest absolute Gasteiger partial charge is 0.338 e. The molecule has 0 unspecified atom stereocenters. The molecule has 2 aromatic carbocycles. The Morgan fingerprint density at radius 1 is 1.00 bits per heavy atom. The van der Waals surface area contributed by atoms with Gasteiger partial charge in [-0.1, -0.05) is 13.0 Å². The van der Waals surface area contributed by atoms with Crippen LogP contribution in [0.4, 0.5) is 0 Å². The predicted octanol–water partition coefficient (Wildman–Crippen LogP) is 2.79. The molecule has 0 heterocycles. The van der Waals surface area contributed by atoms with Gasteiger partial charge in [-0.15, -0.1) is 0 Å². The third kappa shape index (κ3) is 3.27. The van der Waals surface area contributed by atoms with E-state index in [1.54, 1.807) is 18.2 Å². The Kier molecular flexibility index (Phi) is 5.63. The lowest BCUT2D eigenvalue weighted by atomic mass is 10.1. The number of carbonyl (C=O) groups excluding carboxylic acids is 1. The molecular formula is C18H20O6. The molecular weight excluding hydrogens is 312 g/mol. The Balaban J connectivity index is 2.82. The van der Waals surface area contributed by atoms with Crippen molar-refractivity contribution in [2.45, 2.75) is 13.3 Å². The number of carbonyl (C=O) groups is 1. The average Bonchev–Trinajstić information content (AvgIpc) is 2.75. The van der Waals surface area contributed by atoms with E-state index in [-0.39, 0.29) is 16.7 Å². The summed E-state index contributed by atoms with van der Waals surface area (Å²) >= 11 is 0.